The van der Waals surface area contributed by atoms with Gasteiger partial charge in [0.1, 0.15) is 6.04 Å². The van der Waals surface area contributed by atoms with Gasteiger partial charge in [0.05, 0.1) is 5.37 Å². The van der Waals surface area contributed by atoms with Crippen molar-refractivity contribution in [1.29, 1.82) is 0 Å². The van der Waals surface area contributed by atoms with Crippen molar-refractivity contribution in [3.8, 4) is 0 Å². The van der Waals surface area contributed by atoms with Crippen molar-refractivity contribution in [2.45, 2.75) is 42.9 Å². The minimum Gasteiger partial charge on any atom is -0.480 e. The minimum absolute atomic E-state index is 0.0693. The number of urea groups is 1. The van der Waals surface area contributed by atoms with Crippen LogP contribution in [-0.2, 0) is 4.79 Å². The number of rotatable bonds is 3. The topological polar surface area (TPSA) is 69.6 Å². The summed E-state index contributed by atoms with van der Waals surface area (Å²) in [5.74, 6) is 0.718. The molecule has 0 aromatic rings. The molecule has 0 spiro atoms. The van der Waals surface area contributed by atoms with Crippen LogP contribution < -0.4 is 5.32 Å². The van der Waals surface area contributed by atoms with Crippen LogP contribution in [0, 0.1) is 0 Å². The standard InChI is InChI=1S/C12H20N2O3S2/c1-8-14(10(7-19-8)11(15)16)12(17)13-6-9-4-2-3-5-18-9/h8-10H,2-7H2,1H3,(H,13,17)(H,15,16). The number of carbonyl (C=O) groups excluding carboxylic acids is 1. The number of carbonyl (C=O) groups is 2. The molecule has 0 radical (unpaired) electrons. The number of thioether (sulfide) groups is 2. The molecule has 2 N–H and O–H groups in total. The van der Waals surface area contributed by atoms with Gasteiger partial charge in [-0.2, -0.15) is 11.8 Å². The lowest BCUT2D eigenvalue weighted by atomic mass is 10.2. The Morgan fingerprint density at radius 2 is 2.16 bits per heavy atom. The largest absolute Gasteiger partial charge is 0.480 e. The summed E-state index contributed by atoms with van der Waals surface area (Å²) in [5.41, 5.74) is 0. The van der Waals surface area contributed by atoms with Crippen molar-refractivity contribution < 1.29 is 14.7 Å². The number of aliphatic carboxylic acids is 1. The number of amides is 2. The highest BCUT2D eigenvalue weighted by Gasteiger charge is 2.39. The maximum absolute atomic E-state index is 12.1. The molecule has 2 fully saturated rings. The Hall–Kier alpha value is -0.560. The second-order valence-electron chi connectivity index (χ2n) is 4.87. The molecule has 7 heteroatoms. The van der Waals surface area contributed by atoms with E-state index in [9.17, 15) is 9.59 Å². The zero-order valence-corrected chi connectivity index (χ0v) is 12.6. The van der Waals surface area contributed by atoms with E-state index in [0.29, 0.717) is 17.5 Å². The molecule has 2 heterocycles. The first-order valence-corrected chi connectivity index (χ1v) is 8.71. The first-order valence-electron chi connectivity index (χ1n) is 6.61. The molecule has 0 aromatic carbocycles. The summed E-state index contributed by atoms with van der Waals surface area (Å²) in [6.07, 6.45) is 3.62. The molecule has 0 aliphatic carbocycles. The number of carboxylic acids is 1. The van der Waals surface area contributed by atoms with E-state index in [2.05, 4.69) is 5.32 Å². The van der Waals surface area contributed by atoms with Gasteiger partial charge in [-0.25, -0.2) is 9.59 Å². The third-order valence-electron chi connectivity index (χ3n) is 3.50. The van der Waals surface area contributed by atoms with Crippen LogP contribution in [0.3, 0.4) is 0 Å². The summed E-state index contributed by atoms with van der Waals surface area (Å²) in [7, 11) is 0. The Morgan fingerprint density at radius 3 is 2.79 bits per heavy atom. The highest BCUT2D eigenvalue weighted by atomic mass is 32.2. The first-order chi connectivity index (χ1) is 9.09. The normalized spacial score (nSPS) is 31.2. The van der Waals surface area contributed by atoms with E-state index >= 15 is 0 Å². The van der Waals surface area contributed by atoms with Crippen LogP contribution >= 0.6 is 23.5 Å². The molecule has 0 saturated carbocycles. The lowest BCUT2D eigenvalue weighted by Gasteiger charge is -2.27. The number of nitrogens with one attached hydrogen (secondary N) is 1. The average molecular weight is 304 g/mol. The van der Waals surface area contributed by atoms with Crippen LogP contribution in [0.1, 0.15) is 26.2 Å². The molecule has 2 saturated heterocycles. The van der Waals surface area contributed by atoms with E-state index in [4.69, 9.17) is 5.11 Å². The summed E-state index contributed by atoms with van der Waals surface area (Å²) in [6.45, 7) is 2.52. The quantitative estimate of drug-likeness (QED) is 0.832. The number of hydrogen-bond acceptors (Lipinski definition) is 4. The minimum atomic E-state index is -0.918. The van der Waals surface area contributed by atoms with Crippen LogP contribution in [0.2, 0.25) is 0 Å². The zero-order valence-electron chi connectivity index (χ0n) is 11.0. The van der Waals surface area contributed by atoms with Gasteiger partial charge in [-0.3, -0.25) is 4.90 Å². The fourth-order valence-electron chi connectivity index (χ4n) is 2.40. The molecular formula is C12H20N2O3S2. The highest BCUT2D eigenvalue weighted by molar-refractivity contribution is 8.00. The van der Waals surface area contributed by atoms with E-state index in [1.165, 1.54) is 29.5 Å². The fourth-order valence-corrected chi connectivity index (χ4v) is 4.81. The predicted molar refractivity (Wildman–Crippen MR) is 78.7 cm³/mol. The number of hydrogen-bond donors (Lipinski definition) is 2. The Bertz CT molecular complexity index is 348. The maximum Gasteiger partial charge on any atom is 0.327 e. The summed E-state index contributed by atoms with van der Waals surface area (Å²) >= 11 is 3.41. The Balaban J connectivity index is 1.85. The molecule has 3 unspecified atom stereocenters. The van der Waals surface area contributed by atoms with E-state index in [0.717, 1.165) is 12.2 Å². The second-order valence-corrected chi connectivity index (χ2v) is 7.63. The Kier molecular flexibility index (Phi) is 5.27. The predicted octanol–water partition coefficient (Wildman–Crippen LogP) is 1.83. The van der Waals surface area contributed by atoms with Crippen molar-refractivity contribution in [3.05, 3.63) is 0 Å². The molecule has 5 nitrogen and oxygen atoms in total. The summed E-state index contributed by atoms with van der Waals surface area (Å²) in [4.78, 5) is 24.7. The third kappa shape index (κ3) is 3.72. The van der Waals surface area contributed by atoms with Gasteiger partial charge in [0.2, 0.25) is 0 Å². The molecule has 2 rings (SSSR count). The van der Waals surface area contributed by atoms with Crippen LogP contribution in [-0.4, -0.2) is 56.7 Å². The van der Waals surface area contributed by atoms with Gasteiger partial charge in [0, 0.05) is 17.5 Å². The van der Waals surface area contributed by atoms with E-state index in [1.54, 1.807) is 0 Å². The maximum atomic E-state index is 12.1. The monoisotopic (exact) mass is 304 g/mol. The SMILES string of the molecule is CC1SCC(C(=O)O)N1C(=O)NCC1CCCCS1. The zero-order chi connectivity index (χ0) is 13.8. The van der Waals surface area contributed by atoms with Crippen molar-refractivity contribution in [2.24, 2.45) is 0 Å². The van der Waals surface area contributed by atoms with E-state index < -0.39 is 12.0 Å². The second kappa shape index (κ2) is 6.74. The summed E-state index contributed by atoms with van der Waals surface area (Å²) < 4.78 is 0. The smallest absolute Gasteiger partial charge is 0.327 e. The number of carboxylic acid groups (broad SMARTS) is 1. The van der Waals surface area contributed by atoms with Crippen molar-refractivity contribution in [3.63, 3.8) is 0 Å². The molecule has 2 aliphatic rings. The van der Waals surface area contributed by atoms with Gasteiger partial charge in [0.15, 0.2) is 0 Å². The van der Waals surface area contributed by atoms with Crippen LogP contribution in [0.15, 0.2) is 0 Å². The molecule has 2 amide bonds. The first kappa shape index (κ1) is 14.8. The van der Waals surface area contributed by atoms with Crippen LogP contribution in [0.4, 0.5) is 4.79 Å². The average Bonchev–Trinajstić information content (AvgIpc) is 2.79. The molecule has 108 valence electrons. The summed E-state index contributed by atoms with van der Waals surface area (Å²) in [5, 5.41) is 12.4. The van der Waals surface area contributed by atoms with Crippen LogP contribution in [0.25, 0.3) is 0 Å². The van der Waals surface area contributed by atoms with Gasteiger partial charge in [0.25, 0.3) is 0 Å². The van der Waals surface area contributed by atoms with Gasteiger partial charge >= 0.3 is 12.0 Å². The Morgan fingerprint density at radius 1 is 1.37 bits per heavy atom. The van der Waals surface area contributed by atoms with Crippen molar-refractivity contribution >= 4 is 35.5 Å². The molecule has 19 heavy (non-hydrogen) atoms. The van der Waals surface area contributed by atoms with Gasteiger partial charge in [-0.15, -0.1) is 11.8 Å². The lowest BCUT2D eigenvalue weighted by molar-refractivity contribution is -0.141. The molecule has 2 aliphatic heterocycles. The van der Waals surface area contributed by atoms with Gasteiger partial charge in [-0.1, -0.05) is 6.42 Å². The van der Waals surface area contributed by atoms with E-state index in [1.807, 2.05) is 18.7 Å². The lowest BCUT2D eigenvalue weighted by Crippen LogP contribution is -2.50. The highest BCUT2D eigenvalue weighted by Crippen LogP contribution is 2.29. The van der Waals surface area contributed by atoms with Gasteiger partial charge in [-0.05, 0) is 25.5 Å². The van der Waals surface area contributed by atoms with E-state index in [-0.39, 0.29) is 11.4 Å². The molecule has 0 bridgehead atoms. The van der Waals surface area contributed by atoms with Crippen molar-refractivity contribution in [1.82, 2.24) is 10.2 Å². The number of nitrogens with zero attached hydrogens (tertiary/aromatic N) is 1. The Labute approximate surface area is 121 Å². The molecular weight excluding hydrogens is 284 g/mol. The van der Waals surface area contributed by atoms with Crippen LogP contribution in [0.5, 0.6) is 0 Å². The summed E-state index contributed by atoms with van der Waals surface area (Å²) in [6, 6.07) is -0.935. The van der Waals surface area contributed by atoms with Gasteiger partial charge < -0.3 is 10.4 Å². The van der Waals surface area contributed by atoms with Crippen molar-refractivity contribution in [2.75, 3.05) is 18.1 Å². The fraction of sp³-hybridized carbons (Fsp3) is 0.833. The molecule has 0 aromatic heterocycles. The molecule has 3 atom stereocenters. The third-order valence-corrected chi connectivity index (χ3v) is 6.11.